The van der Waals surface area contributed by atoms with Crippen LogP contribution in [0, 0.1) is 0 Å². The van der Waals surface area contributed by atoms with Gasteiger partial charge in [-0.05, 0) is 36.8 Å². The number of halogens is 1. The number of piperazine rings is 1. The first-order valence-corrected chi connectivity index (χ1v) is 8.55. The number of aliphatic imine (C=N–C) groups is 1. The van der Waals surface area contributed by atoms with Crippen molar-refractivity contribution in [1.82, 2.24) is 10.2 Å². The molecule has 124 valence electrons. The summed E-state index contributed by atoms with van der Waals surface area (Å²) in [6.45, 7) is 4.59. The van der Waals surface area contributed by atoms with Gasteiger partial charge in [0.25, 0.3) is 0 Å². The molecule has 2 fully saturated rings. The fraction of sp³-hybridized carbons (Fsp3) is 0.667. The largest absolute Gasteiger partial charge is 0.388 e. The number of guanidine groups is 1. The van der Waals surface area contributed by atoms with E-state index in [1.807, 2.05) is 7.05 Å². The summed E-state index contributed by atoms with van der Waals surface area (Å²) in [7, 11) is 1.82. The van der Waals surface area contributed by atoms with Gasteiger partial charge < -0.3 is 20.2 Å². The highest BCUT2D eigenvalue weighted by Crippen LogP contribution is 2.30. The highest BCUT2D eigenvalue weighted by molar-refractivity contribution is 14.0. The molecule has 1 saturated carbocycles. The zero-order chi connectivity index (χ0) is 14.7. The summed E-state index contributed by atoms with van der Waals surface area (Å²) in [4.78, 5) is 9.07. The first kappa shape index (κ1) is 17.8. The molecule has 3 rings (SSSR count). The normalized spacial score (nSPS) is 21.1. The molecule has 5 nitrogen and oxygen atoms in total. The van der Waals surface area contributed by atoms with E-state index in [1.54, 1.807) is 11.3 Å². The molecule has 22 heavy (non-hydrogen) atoms. The third-order valence-electron chi connectivity index (χ3n) is 4.47. The van der Waals surface area contributed by atoms with E-state index < -0.39 is 5.60 Å². The van der Waals surface area contributed by atoms with Gasteiger partial charge in [0.15, 0.2) is 5.96 Å². The molecule has 1 aromatic rings. The highest BCUT2D eigenvalue weighted by Gasteiger charge is 2.34. The van der Waals surface area contributed by atoms with E-state index in [4.69, 9.17) is 0 Å². The molecule has 1 saturated heterocycles. The topological polar surface area (TPSA) is 51.1 Å². The van der Waals surface area contributed by atoms with Crippen molar-refractivity contribution in [3.63, 3.8) is 0 Å². The van der Waals surface area contributed by atoms with Gasteiger partial charge in [-0.25, -0.2) is 0 Å². The Balaban J connectivity index is 0.00000176. The van der Waals surface area contributed by atoms with Gasteiger partial charge in [-0.15, -0.1) is 35.3 Å². The Morgan fingerprint density at radius 3 is 2.59 bits per heavy atom. The molecule has 2 N–H and O–H groups in total. The summed E-state index contributed by atoms with van der Waals surface area (Å²) < 4.78 is 0. The van der Waals surface area contributed by atoms with Crippen LogP contribution in [0.25, 0.3) is 0 Å². The molecule has 2 heterocycles. The van der Waals surface area contributed by atoms with Gasteiger partial charge in [-0.2, -0.15) is 0 Å². The predicted molar refractivity (Wildman–Crippen MR) is 104 cm³/mol. The van der Waals surface area contributed by atoms with E-state index in [0.29, 0.717) is 6.54 Å². The van der Waals surface area contributed by atoms with Crippen LogP contribution in [0.15, 0.2) is 22.5 Å². The summed E-state index contributed by atoms with van der Waals surface area (Å²) in [6.07, 6.45) is 2.95. The summed E-state index contributed by atoms with van der Waals surface area (Å²) in [5, 5.41) is 17.0. The van der Waals surface area contributed by atoms with Crippen molar-refractivity contribution < 1.29 is 5.11 Å². The van der Waals surface area contributed by atoms with Crippen LogP contribution in [0.5, 0.6) is 0 Å². The molecule has 0 bridgehead atoms. The molecule has 1 aliphatic carbocycles. The molecule has 0 radical (unpaired) electrons. The molecule has 7 heteroatoms. The zero-order valence-electron chi connectivity index (χ0n) is 13.0. The number of nitrogens with zero attached hydrogens (tertiary/aromatic N) is 3. The van der Waals surface area contributed by atoms with Crippen molar-refractivity contribution in [1.29, 1.82) is 0 Å². The number of aliphatic hydroxyl groups is 1. The van der Waals surface area contributed by atoms with Gasteiger partial charge in [-0.3, -0.25) is 4.99 Å². The number of thiophene rings is 1. The Kier molecular flexibility index (Phi) is 6.34. The molecule has 1 aromatic heterocycles. The zero-order valence-corrected chi connectivity index (χ0v) is 16.1. The van der Waals surface area contributed by atoms with Crippen LogP contribution in [0.4, 0.5) is 5.00 Å². The second-order valence-electron chi connectivity index (χ2n) is 5.90. The minimum atomic E-state index is -0.505. The van der Waals surface area contributed by atoms with Gasteiger partial charge >= 0.3 is 0 Å². The Hall–Kier alpha value is -0.540. The SMILES string of the molecule is CN=C(NCC1(O)CCC1)N1CCN(c2cccs2)CC1.I. The molecule has 2 aliphatic rings. The quantitative estimate of drug-likeness (QED) is 0.433. The molecule has 1 aliphatic heterocycles. The van der Waals surface area contributed by atoms with E-state index in [0.717, 1.165) is 51.4 Å². The monoisotopic (exact) mass is 436 g/mol. The average Bonchev–Trinajstić information content (AvgIpc) is 3.01. The first-order valence-electron chi connectivity index (χ1n) is 7.67. The van der Waals surface area contributed by atoms with E-state index in [1.165, 1.54) is 5.00 Å². The Bertz CT molecular complexity index is 482. The number of hydrogen-bond acceptors (Lipinski definition) is 4. The molecule has 0 spiro atoms. The molecular formula is C15H25IN4OS. The van der Waals surface area contributed by atoms with Crippen LogP contribution in [0.1, 0.15) is 19.3 Å². The van der Waals surface area contributed by atoms with Gasteiger partial charge in [-0.1, -0.05) is 0 Å². The summed E-state index contributed by atoms with van der Waals surface area (Å²) in [5.74, 6) is 0.918. The average molecular weight is 436 g/mol. The summed E-state index contributed by atoms with van der Waals surface area (Å²) in [6, 6.07) is 4.28. The van der Waals surface area contributed by atoms with Gasteiger partial charge in [0, 0.05) is 39.8 Å². The van der Waals surface area contributed by atoms with E-state index >= 15 is 0 Å². The number of anilines is 1. The lowest BCUT2D eigenvalue weighted by Gasteiger charge is -2.40. The smallest absolute Gasteiger partial charge is 0.193 e. The van der Waals surface area contributed by atoms with Crippen molar-refractivity contribution in [2.75, 3.05) is 44.7 Å². The highest BCUT2D eigenvalue weighted by atomic mass is 127. The fourth-order valence-electron chi connectivity index (χ4n) is 2.93. The van der Waals surface area contributed by atoms with Crippen molar-refractivity contribution in [3.8, 4) is 0 Å². The van der Waals surface area contributed by atoms with Crippen molar-refractivity contribution in [2.24, 2.45) is 4.99 Å². The maximum atomic E-state index is 10.2. The summed E-state index contributed by atoms with van der Waals surface area (Å²) >= 11 is 1.80. The van der Waals surface area contributed by atoms with Crippen molar-refractivity contribution in [3.05, 3.63) is 17.5 Å². The molecule has 0 amide bonds. The lowest BCUT2D eigenvalue weighted by molar-refractivity contribution is -0.0283. The minimum absolute atomic E-state index is 0. The number of hydrogen-bond donors (Lipinski definition) is 2. The number of rotatable bonds is 3. The van der Waals surface area contributed by atoms with Crippen LogP contribution in [-0.4, -0.2) is 61.3 Å². The lowest BCUT2D eigenvalue weighted by atomic mass is 9.80. The Labute approximate surface area is 153 Å². The van der Waals surface area contributed by atoms with Crippen LogP contribution in [-0.2, 0) is 0 Å². The number of nitrogens with one attached hydrogen (secondary N) is 1. The second-order valence-corrected chi connectivity index (χ2v) is 6.83. The predicted octanol–water partition coefficient (Wildman–Crippen LogP) is 1.98. The fourth-order valence-corrected chi connectivity index (χ4v) is 3.71. The third kappa shape index (κ3) is 4.05. The molecule has 0 unspecified atom stereocenters. The molecule has 0 aromatic carbocycles. The summed E-state index contributed by atoms with van der Waals surface area (Å²) in [5.41, 5.74) is -0.505. The van der Waals surface area contributed by atoms with Crippen LogP contribution in [0.3, 0.4) is 0 Å². The van der Waals surface area contributed by atoms with Crippen molar-refractivity contribution >= 4 is 46.3 Å². The Morgan fingerprint density at radius 1 is 1.36 bits per heavy atom. The first-order chi connectivity index (χ1) is 10.2. The maximum absolute atomic E-state index is 10.2. The molecule has 0 atom stereocenters. The lowest BCUT2D eigenvalue weighted by Crippen LogP contribution is -2.56. The van der Waals surface area contributed by atoms with Gasteiger partial charge in [0.1, 0.15) is 0 Å². The maximum Gasteiger partial charge on any atom is 0.193 e. The van der Waals surface area contributed by atoms with E-state index in [2.05, 4.69) is 37.6 Å². The van der Waals surface area contributed by atoms with Crippen LogP contribution in [0.2, 0.25) is 0 Å². The van der Waals surface area contributed by atoms with E-state index in [9.17, 15) is 5.11 Å². The van der Waals surface area contributed by atoms with Gasteiger partial charge in [0.05, 0.1) is 10.6 Å². The standard InChI is InChI=1S/C15H24N4OS.HI/c1-16-14(17-12-15(20)5-3-6-15)19-9-7-18(8-10-19)13-4-2-11-21-13;/h2,4,11,20H,3,5-10,12H2,1H3,(H,16,17);1H. The Morgan fingerprint density at radius 2 is 2.09 bits per heavy atom. The second kappa shape index (κ2) is 7.83. The van der Waals surface area contributed by atoms with Crippen LogP contribution < -0.4 is 10.2 Å². The molecular weight excluding hydrogens is 411 g/mol. The van der Waals surface area contributed by atoms with E-state index in [-0.39, 0.29) is 24.0 Å². The minimum Gasteiger partial charge on any atom is -0.388 e. The van der Waals surface area contributed by atoms with Crippen LogP contribution >= 0.6 is 35.3 Å². The van der Waals surface area contributed by atoms with Gasteiger partial charge in [0.2, 0.25) is 0 Å². The third-order valence-corrected chi connectivity index (χ3v) is 5.40. The van der Waals surface area contributed by atoms with Crippen molar-refractivity contribution in [2.45, 2.75) is 24.9 Å².